The van der Waals surface area contributed by atoms with Gasteiger partial charge in [-0.05, 0) is 18.8 Å². The van der Waals surface area contributed by atoms with Crippen molar-refractivity contribution in [3.8, 4) is 0 Å². The summed E-state index contributed by atoms with van der Waals surface area (Å²) in [6.45, 7) is 1.04. The summed E-state index contributed by atoms with van der Waals surface area (Å²) in [6.07, 6.45) is 2.70. The highest BCUT2D eigenvalue weighted by molar-refractivity contribution is 7.13. The van der Waals surface area contributed by atoms with E-state index in [4.69, 9.17) is 5.11 Å². The lowest BCUT2D eigenvalue weighted by Gasteiger charge is -2.29. The first-order valence-corrected chi connectivity index (χ1v) is 6.70. The topological polar surface area (TPSA) is 82.5 Å². The number of rotatable bonds is 3. The number of carboxylic acid groups (broad SMARTS) is 1. The van der Waals surface area contributed by atoms with Gasteiger partial charge in [-0.25, -0.2) is 9.78 Å². The number of nitrogens with one attached hydrogen (secondary N) is 1. The maximum atomic E-state index is 11.7. The molecule has 1 aliphatic rings. The van der Waals surface area contributed by atoms with Crippen LogP contribution in [0.5, 0.6) is 0 Å². The largest absolute Gasteiger partial charge is 0.465 e. The van der Waals surface area contributed by atoms with Crippen molar-refractivity contribution in [1.29, 1.82) is 0 Å². The van der Waals surface area contributed by atoms with Gasteiger partial charge in [-0.15, -0.1) is 11.3 Å². The number of nitrogens with zero attached hydrogens (tertiary/aromatic N) is 2. The highest BCUT2D eigenvalue weighted by Gasteiger charge is 2.24. The Morgan fingerprint density at radius 3 is 2.78 bits per heavy atom. The van der Waals surface area contributed by atoms with E-state index in [1.54, 1.807) is 11.6 Å². The van der Waals surface area contributed by atoms with Crippen LogP contribution in [0.4, 0.5) is 9.93 Å². The van der Waals surface area contributed by atoms with E-state index in [1.165, 1.54) is 16.2 Å². The molecule has 0 radical (unpaired) electrons. The standard InChI is InChI=1S/C11H15N3O3S/c15-9(13-10-12-3-6-18-10)7-8-1-4-14(5-2-8)11(16)17/h3,6,8H,1-2,4-5,7H2,(H,16,17)(H,12,13,15). The molecule has 2 heterocycles. The van der Waals surface area contributed by atoms with Crippen molar-refractivity contribution < 1.29 is 14.7 Å². The third-order valence-corrected chi connectivity index (χ3v) is 3.73. The van der Waals surface area contributed by atoms with Crippen LogP contribution in [0.1, 0.15) is 19.3 Å². The minimum atomic E-state index is -0.874. The Hall–Kier alpha value is -1.63. The Morgan fingerprint density at radius 2 is 2.22 bits per heavy atom. The van der Waals surface area contributed by atoms with E-state index < -0.39 is 6.09 Å². The maximum absolute atomic E-state index is 11.7. The molecule has 0 spiro atoms. The number of amides is 2. The van der Waals surface area contributed by atoms with Gasteiger partial charge in [0.05, 0.1) is 0 Å². The van der Waals surface area contributed by atoms with E-state index >= 15 is 0 Å². The number of carbonyl (C=O) groups excluding carboxylic acids is 1. The van der Waals surface area contributed by atoms with Crippen LogP contribution in [-0.2, 0) is 4.79 Å². The average molecular weight is 269 g/mol. The summed E-state index contributed by atoms with van der Waals surface area (Å²) >= 11 is 1.39. The summed E-state index contributed by atoms with van der Waals surface area (Å²) in [5.41, 5.74) is 0. The fourth-order valence-corrected chi connectivity index (χ4v) is 2.59. The Balaban J connectivity index is 1.74. The number of hydrogen-bond donors (Lipinski definition) is 2. The molecule has 0 saturated carbocycles. The van der Waals surface area contributed by atoms with Gasteiger partial charge in [0.15, 0.2) is 5.13 Å². The molecule has 2 N–H and O–H groups in total. The third-order valence-electron chi connectivity index (χ3n) is 3.04. The molecule has 98 valence electrons. The zero-order chi connectivity index (χ0) is 13.0. The molecular formula is C11H15N3O3S. The van der Waals surface area contributed by atoms with Gasteiger partial charge >= 0.3 is 6.09 Å². The SMILES string of the molecule is O=C(CC1CCN(C(=O)O)CC1)Nc1nccs1. The van der Waals surface area contributed by atoms with Crippen LogP contribution in [0, 0.1) is 5.92 Å². The van der Waals surface area contributed by atoms with Gasteiger partial charge in [0.1, 0.15) is 0 Å². The Labute approximate surface area is 109 Å². The first-order chi connectivity index (χ1) is 8.65. The van der Waals surface area contributed by atoms with Crippen LogP contribution < -0.4 is 5.32 Å². The smallest absolute Gasteiger partial charge is 0.407 e. The van der Waals surface area contributed by atoms with Gasteiger partial charge < -0.3 is 15.3 Å². The van der Waals surface area contributed by atoms with E-state index in [0.29, 0.717) is 24.6 Å². The summed E-state index contributed by atoms with van der Waals surface area (Å²) in [7, 11) is 0. The molecule has 18 heavy (non-hydrogen) atoms. The Morgan fingerprint density at radius 1 is 1.50 bits per heavy atom. The molecule has 1 aromatic heterocycles. The van der Waals surface area contributed by atoms with Crippen LogP contribution in [0.3, 0.4) is 0 Å². The fourth-order valence-electron chi connectivity index (χ4n) is 2.05. The van der Waals surface area contributed by atoms with Crippen LogP contribution >= 0.6 is 11.3 Å². The summed E-state index contributed by atoms with van der Waals surface area (Å²) < 4.78 is 0. The molecule has 0 aliphatic carbocycles. The van der Waals surface area contributed by atoms with Crippen LogP contribution in [0.25, 0.3) is 0 Å². The van der Waals surface area contributed by atoms with Gasteiger partial charge in [-0.3, -0.25) is 4.79 Å². The highest BCUT2D eigenvalue weighted by Crippen LogP contribution is 2.21. The van der Waals surface area contributed by atoms with Crippen molar-refractivity contribution in [2.45, 2.75) is 19.3 Å². The first-order valence-electron chi connectivity index (χ1n) is 5.82. The summed E-state index contributed by atoms with van der Waals surface area (Å²) in [5.74, 6) is 0.222. The molecule has 0 unspecified atom stereocenters. The minimum Gasteiger partial charge on any atom is -0.465 e. The molecule has 2 rings (SSSR count). The van der Waals surface area contributed by atoms with Gasteiger partial charge in [-0.2, -0.15) is 0 Å². The van der Waals surface area contributed by atoms with Crippen LogP contribution in [0.2, 0.25) is 0 Å². The molecule has 2 amide bonds. The molecule has 7 heteroatoms. The fraction of sp³-hybridized carbons (Fsp3) is 0.545. The summed E-state index contributed by atoms with van der Waals surface area (Å²) in [6, 6.07) is 0. The zero-order valence-corrected chi connectivity index (χ0v) is 10.7. The van der Waals surface area contributed by atoms with E-state index in [2.05, 4.69) is 10.3 Å². The predicted molar refractivity (Wildman–Crippen MR) is 67.7 cm³/mol. The number of aromatic nitrogens is 1. The molecule has 1 aliphatic heterocycles. The van der Waals surface area contributed by atoms with Crippen molar-refractivity contribution in [3.63, 3.8) is 0 Å². The van der Waals surface area contributed by atoms with Gasteiger partial charge in [0.25, 0.3) is 0 Å². The summed E-state index contributed by atoms with van der Waals surface area (Å²) in [5, 5.41) is 14.0. The van der Waals surface area contributed by atoms with Crippen LogP contribution in [-0.4, -0.2) is 40.1 Å². The first kappa shape index (κ1) is 12.8. The molecule has 1 saturated heterocycles. The van der Waals surface area contributed by atoms with Crippen LogP contribution in [0.15, 0.2) is 11.6 Å². The van der Waals surface area contributed by atoms with Gasteiger partial charge in [-0.1, -0.05) is 0 Å². The van der Waals surface area contributed by atoms with Crippen molar-refractivity contribution in [3.05, 3.63) is 11.6 Å². The van der Waals surface area contributed by atoms with E-state index in [0.717, 1.165) is 12.8 Å². The molecule has 6 nitrogen and oxygen atoms in total. The molecule has 0 atom stereocenters. The van der Waals surface area contributed by atoms with E-state index in [1.807, 2.05) is 0 Å². The van der Waals surface area contributed by atoms with Crippen molar-refractivity contribution in [2.24, 2.45) is 5.92 Å². The predicted octanol–water partition coefficient (Wildman–Crippen LogP) is 1.86. The summed E-state index contributed by atoms with van der Waals surface area (Å²) in [4.78, 5) is 27.8. The second kappa shape index (κ2) is 5.81. The number of likely N-dealkylation sites (tertiary alicyclic amines) is 1. The monoisotopic (exact) mass is 269 g/mol. The Bertz CT molecular complexity index is 413. The number of piperidine rings is 1. The number of thiazole rings is 1. The normalized spacial score (nSPS) is 16.6. The molecule has 1 fully saturated rings. The number of anilines is 1. The second-order valence-corrected chi connectivity index (χ2v) is 5.20. The second-order valence-electron chi connectivity index (χ2n) is 4.30. The lowest BCUT2D eigenvalue weighted by Crippen LogP contribution is -2.38. The lowest BCUT2D eigenvalue weighted by molar-refractivity contribution is -0.117. The molecule has 0 bridgehead atoms. The van der Waals surface area contributed by atoms with Gasteiger partial charge in [0.2, 0.25) is 5.91 Å². The minimum absolute atomic E-state index is 0.0428. The van der Waals surface area contributed by atoms with Crippen molar-refractivity contribution in [1.82, 2.24) is 9.88 Å². The van der Waals surface area contributed by atoms with Crippen molar-refractivity contribution >= 4 is 28.5 Å². The lowest BCUT2D eigenvalue weighted by atomic mass is 9.93. The third kappa shape index (κ3) is 3.43. The highest BCUT2D eigenvalue weighted by atomic mass is 32.1. The average Bonchev–Trinajstić information content (AvgIpc) is 2.82. The molecular weight excluding hydrogens is 254 g/mol. The Kier molecular flexibility index (Phi) is 4.14. The number of hydrogen-bond acceptors (Lipinski definition) is 4. The van der Waals surface area contributed by atoms with E-state index in [9.17, 15) is 9.59 Å². The quantitative estimate of drug-likeness (QED) is 0.877. The van der Waals surface area contributed by atoms with E-state index in [-0.39, 0.29) is 11.8 Å². The molecule has 0 aromatic carbocycles. The molecule has 1 aromatic rings. The zero-order valence-electron chi connectivity index (χ0n) is 9.83. The van der Waals surface area contributed by atoms with Crippen molar-refractivity contribution in [2.75, 3.05) is 18.4 Å². The number of carbonyl (C=O) groups is 2. The van der Waals surface area contributed by atoms with Gasteiger partial charge in [0, 0.05) is 31.1 Å². The maximum Gasteiger partial charge on any atom is 0.407 e.